The van der Waals surface area contributed by atoms with E-state index in [0.717, 1.165) is 23.2 Å². The van der Waals surface area contributed by atoms with Gasteiger partial charge in [-0.25, -0.2) is 0 Å². The minimum atomic E-state index is 0.672. The normalized spacial score (nSPS) is 50.4. The summed E-state index contributed by atoms with van der Waals surface area (Å²) in [5.41, 5.74) is 0.760. The third-order valence-corrected chi connectivity index (χ3v) is 4.95. The Hall–Kier alpha value is 0. The van der Waals surface area contributed by atoms with Crippen LogP contribution in [0.25, 0.3) is 0 Å². The van der Waals surface area contributed by atoms with Crippen molar-refractivity contribution >= 4 is 0 Å². The van der Waals surface area contributed by atoms with Crippen LogP contribution in [0.3, 0.4) is 0 Å². The summed E-state index contributed by atoms with van der Waals surface area (Å²) >= 11 is 0. The number of rotatable bonds is 2. The Labute approximate surface area is 88.5 Å². The minimum absolute atomic E-state index is 0.672. The van der Waals surface area contributed by atoms with E-state index >= 15 is 0 Å². The van der Waals surface area contributed by atoms with Gasteiger partial charge in [0.15, 0.2) is 0 Å². The van der Waals surface area contributed by atoms with Crippen molar-refractivity contribution in [3.8, 4) is 0 Å². The molecule has 1 unspecified atom stereocenters. The highest BCUT2D eigenvalue weighted by atomic mass is 14.6. The molecule has 14 heavy (non-hydrogen) atoms. The Morgan fingerprint density at radius 2 is 1.50 bits per heavy atom. The number of hydrogen-bond acceptors (Lipinski definition) is 0. The van der Waals surface area contributed by atoms with Gasteiger partial charge in [-0.1, -0.05) is 13.8 Å². The molecule has 4 bridgehead atoms. The Kier molecular flexibility index (Phi) is 1.98. The molecule has 4 aliphatic rings. The Morgan fingerprint density at radius 3 is 1.86 bits per heavy atom. The molecule has 79 valence electrons. The summed E-state index contributed by atoms with van der Waals surface area (Å²) in [5.74, 6) is 4.01. The maximum atomic E-state index is 4.21. The average Bonchev–Trinajstić information content (AvgIpc) is 1.96. The van der Waals surface area contributed by atoms with Gasteiger partial charge in [-0.15, -0.1) is 0 Å². The molecule has 0 spiro atoms. The fraction of sp³-hybridized carbons (Fsp3) is 0.929. The highest BCUT2D eigenvalue weighted by molar-refractivity contribution is 5.01. The van der Waals surface area contributed by atoms with Crippen LogP contribution in [-0.4, -0.2) is 0 Å². The van der Waals surface area contributed by atoms with E-state index in [-0.39, 0.29) is 0 Å². The molecule has 0 aromatic carbocycles. The van der Waals surface area contributed by atoms with Gasteiger partial charge < -0.3 is 0 Å². The maximum Gasteiger partial charge on any atom is -0.0287 e. The van der Waals surface area contributed by atoms with E-state index in [0.29, 0.717) is 5.92 Å². The van der Waals surface area contributed by atoms with Crippen molar-refractivity contribution < 1.29 is 0 Å². The molecule has 0 saturated heterocycles. The van der Waals surface area contributed by atoms with E-state index in [1.165, 1.54) is 6.42 Å². The smallest absolute Gasteiger partial charge is 0.0287 e. The van der Waals surface area contributed by atoms with Gasteiger partial charge in [-0.05, 0) is 74.0 Å². The highest BCUT2D eigenvalue weighted by Crippen LogP contribution is 2.61. The van der Waals surface area contributed by atoms with E-state index in [2.05, 4.69) is 13.8 Å². The summed E-state index contributed by atoms with van der Waals surface area (Å²) in [5, 5.41) is 0. The van der Waals surface area contributed by atoms with Gasteiger partial charge in [0.2, 0.25) is 0 Å². The van der Waals surface area contributed by atoms with Crippen molar-refractivity contribution in [2.24, 2.45) is 29.1 Å². The van der Waals surface area contributed by atoms with Crippen LogP contribution >= 0.6 is 0 Å². The topological polar surface area (TPSA) is 0 Å². The third kappa shape index (κ3) is 1.42. The molecule has 0 aromatic rings. The van der Waals surface area contributed by atoms with E-state index < -0.39 is 0 Å². The van der Waals surface area contributed by atoms with Crippen LogP contribution in [0.15, 0.2) is 0 Å². The van der Waals surface area contributed by atoms with Crippen LogP contribution in [-0.2, 0) is 0 Å². The highest BCUT2D eigenvalue weighted by Gasteiger charge is 2.50. The van der Waals surface area contributed by atoms with Crippen LogP contribution in [0.5, 0.6) is 0 Å². The fourth-order valence-electron chi connectivity index (χ4n) is 5.28. The Bertz CT molecular complexity index is 185. The summed E-state index contributed by atoms with van der Waals surface area (Å²) < 4.78 is 0. The van der Waals surface area contributed by atoms with Crippen molar-refractivity contribution in [3.05, 3.63) is 6.92 Å². The summed E-state index contributed by atoms with van der Waals surface area (Å²) in [6.07, 6.45) is 10.8. The zero-order valence-corrected chi connectivity index (χ0v) is 9.47. The average molecular weight is 191 g/mol. The zero-order chi connectivity index (χ0) is 9.76. The first-order valence-electron chi connectivity index (χ1n) is 6.48. The molecule has 1 atom stereocenters. The molecule has 0 aromatic heterocycles. The molecule has 0 heterocycles. The monoisotopic (exact) mass is 191 g/mol. The van der Waals surface area contributed by atoms with Crippen molar-refractivity contribution in [1.29, 1.82) is 0 Å². The van der Waals surface area contributed by atoms with Crippen LogP contribution in [0.1, 0.15) is 51.9 Å². The third-order valence-electron chi connectivity index (χ3n) is 4.95. The van der Waals surface area contributed by atoms with Gasteiger partial charge >= 0.3 is 0 Å². The predicted octanol–water partition coefficient (Wildman–Crippen LogP) is 4.06. The van der Waals surface area contributed by atoms with Crippen LogP contribution in [0.4, 0.5) is 0 Å². The lowest BCUT2D eigenvalue weighted by atomic mass is 9.48. The summed E-state index contributed by atoms with van der Waals surface area (Å²) in [4.78, 5) is 0. The van der Waals surface area contributed by atoms with Gasteiger partial charge in [-0.3, -0.25) is 0 Å². The summed E-state index contributed by atoms with van der Waals surface area (Å²) in [6, 6.07) is 0. The molecule has 0 N–H and O–H groups in total. The molecule has 4 rings (SSSR count). The van der Waals surface area contributed by atoms with E-state index in [1.807, 2.05) is 0 Å². The first-order valence-corrected chi connectivity index (χ1v) is 6.48. The first kappa shape index (κ1) is 9.24. The molecule has 4 fully saturated rings. The zero-order valence-electron chi connectivity index (χ0n) is 9.47. The molecule has 0 nitrogen and oxygen atoms in total. The van der Waals surface area contributed by atoms with Crippen LogP contribution in [0.2, 0.25) is 0 Å². The Morgan fingerprint density at radius 1 is 1.07 bits per heavy atom. The van der Waals surface area contributed by atoms with E-state index in [9.17, 15) is 0 Å². The van der Waals surface area contributed by atoms with Crippen molar-refractivity contribution in [1.82, 2.24) is 0 Å². The molecular weight excluding hydrogens is 168 g/mol. The second-order valence-electron chi connectivity index (χ2n) is 6.73. The van der Waals surface area contributed by atoms with Crippen molar-refractivity contribution in [2.45, 2.75) is 51.9 Å². The van der Waals surface area contributed by atoms with Crippen molar-refractivity contribution in [2.75, 3.05) is 0 Å². The lowest BCUT2D eigenvalue weighted by Crippen LogP contribution is -2.46. The maximum absolute atomic E-state index is 4.21. The van der Waals surface area contributed by atoms with Crippen LogP contribution < -0.4 is 0 Å². The molecule has 4 aliphatic carbocycles. The quantitative estimate of drug-likeness (QED) is 0.617. The molecule has 0 aliphatic heterocycles. The molecule has 1 radical (unpaired) electrons. The first-order chi connectivity index (χ1) is 6.65. The molecule has 0 amide bonds. The van der Waals surface area contributed by atoms with Crippen molar-refractivity contribution in [3.63, 3.8) is 0 Å². The van der Waals surface area contributed by atoms with E-state index in [4.69, 9.17) is 0 Å². The second-order valence-corrected chi connectivity index (χ2v) is 6.73. The lowest BCUT2D eigenvalue weighted by molar-refractivity contribution is -0.0618. The van der Waals surface area contributed by atoms with Gasteiger partial charge in [0.1, 0.15) is 0 Å². The van der Waals surface area contributed by atoms with Crippen LogP contribution in [0, 0.1) is 36.0 Å². The molecular formula is C14H23. The minimum Gasteiger partial charge on any atom is -0.0625 e. The molecule has 4 saturated carbocycles. The van der Waals surface area contributed by atoms with E-state index in [1.54, 1.807) is 38.5 Å². The standard InChI is InChI=1S/C14H23/c1-10(2)6-14-7-11-3-12(8-14)5-13(4-11)9-14/h10-13H,1,3-9H2,2H3. The van der Waals surface area contributed by atoms with Gasteiger partial charge in [0.25, 0.3) is 0 Å². The lowest BCUT2D eigenvalue weighted by Gasteiger charge is -2.57. The van der Waals surface area contributed by atoms with Gasteiger partial charge in [0.05, 0.1) is 0 Å². The number of hydrogen-bond donors (Lipinski definition) is 0. The summed E-state index contributed by atoms with van der Waals surface area (Å²) in [6.45, 7) is 6.52. The van der Waals surface area contributed by atoms with Gasteiger partial charge in [0, 0.05) is 0 Å². The second kappa shape index (κ2) is 3.00. The fourth-order valence-corrected chi connectivity index (χ4v) is 5.28. The predicted molar refractivity (Wildman–Crippen MR) is 59.7 cm³/mol. The van der Waals surface area contributed by atoms with Gasteiger partial charge in [-0.2, -0.15) is 0 Å². The Balaban J connectivity index is 1.80. The largest absolute Gasteiger partial charge is 0.0625 e. The SMILES string of the molecule is [CH2]C(C)CC12CC3CC(CC(C3)C1)C2. The summed E-state index contributed by atoms with van der Waals surface area (Å²) in [7, 11) is 0. The molecule has 0 heteroatoms.